The number of benzene rings is 1. The maximum Gasteiger partial charge on any atom is 0.221 e. The molecule has 21 heavy (non-hydrogen) atoms. The molecule has 0 saturated heterocycles. The van der Waals surface area contributed by atoms with Crippen molar-refractivity contribution in [1.29, 1.82) is 0 Å². The Morgan fingerprint density at radius 2 is 2.05 bits per heavy atom. The number of nitrogens with zero attached hydrogens (tertiary/aromatic N) is 2. The number of hydrogen-bond donors (Lipinski definition) is 2. The lowest BCUT2D eigenvalue weighted by molar-refractivity contribution is -0.114. The molecule has 2 atom stereocenters. The molecular formula is C16H22N4O. The van der Waals surface area contributed by atoms with Crippen molar-refractivity contribution in [3.8, 4) is 0 Å². The van der Waals surface area contributed by atoms with Crippen LogP contribution in [0.15, 0.2) is 36.7 Å². The van der Waals surface area contributed by atoms with Gasteiger partial charge >= 0.3 is 0 Å². The minimum absolute atomic E-state index is 0.0610. The van der Waals surface area contributed by atoms with Crippen LogP contribution in [0.5, 0.6) is 0 Å². The number of aryl methyl sites for hydroxylation is 1. The van der Waals surface area contributed by atoms with Crippen LogP contribution in [0.25, 0.3) is 0 Å². The number of carbonyl (C=O) groups excluding carboxylic acids is 1. The number of hydrogen-bond acceptors (Lipinski definition) is 3. The molecule has 2 unspecified atom stereocenters. The second-order valence-electron chi connectivity index (χ2n) is 5.31. The first kappa shape index (κ1) is 15.3. The van der Waals surface area contributed by atoms with Gasteiger partial charge in [-0.25, -0.2) is 4.98 Å². The molecule has 0 spiro atoms. The van der Waals surface area contributed by atoms with Crippen LogP contribution in [0.3, 0.4) is 0 Å². The fourth-order valence-electron chi connectivity index (χ4n) is 2.43. The van der Waals surface area contributed by atoms with Gasteiger partial charge in [0.15, 0.2) is 0 Å². The van der Waals surface area contributed by atoms with Gasteiger partial charge in [-0.2, -0.15) is 0 Å². The van der Waals surface area contributed by atoms with E-state index in [2.05, 4.69) is 29.5 Å². The monoisotopic (exact) mass is 286 g/mol. The van der Waals surface area contributed by atoms with E-state index in [-0.39, 0.29) is 18.0 Å². The molecule has 0 saturated carbocycles. The molecule has 1 heterocycles. The third-order valence-electron chi connectivity index (χ3n) is 3.45. The van der Waals surface area contributed by atoms with Crippen molar-refractivity contribution in [2.75, 3.05) is 5.32 Å². The maximum absolute atomic E-state index is 11.1. The molecule has 0 bridgehead atoms. The van der Waals surface area contributed by atoms with Gasteiger partial charge in [0, 0.05) is 38.1 Å². The molecule has 2 aromatic rings. The molecule has 0 aliphatic heterocycles. The zero-order chi connectivity index (χ0) is 15.4. The summed E-state index contributed by atoms with van der Waals surface area (Å²) in [4.78, 5) is 15.5. The third kappa shape index (κ3) is 3.92. The van der Waals surface area contributed by atoms with Gasteiger partial charge in [0.25, 0.3) is 0 Å². The number of aromatic nitrogens is 2. The highest BCUT2D eigenvalue weighted by molar-refractivity contribution is 5.88. The highest BCUT2D eigenvalue weighted by Gasteiger charge is 2.14. The van der Waals surface area contributed by atoms with E-state index in [0.29, 0.717) is 0 Å². The van der Waals surface area contributed by atoms with E-state index in [0.717, 1.165) is 17.1 Å². The Balaban J connectivity index is 2.08. The minimum Gasteiger partial charge on any atom is -0.337 e. The fourth-order valence-corrected chi connectivity index (χ4v) is 2.43. The Bertz CT molecular complexity index is 620. The van der Waals surface area contributed by atoms with Crippen LogP contribution in [-0.2, 0) is 11.8 Å². The van der Waals surface area contributed by atoms with E-state index in [4.69, 9.17) is 0 Å². The summed E-state index contributed by atoms with van der Waals surface area (Å²) in [5, 5.41) is 6.33. The summed E-state index contributed by atoms with van der Waals surface area (Å²) in [5.74, 6) is 0.939. The molecule has 0 fully saturated rings. The molecule has 2 rings (SSSR count). The average molecular weight is 286 g/mol. The topological polar surface area (TPSA) is 59.0 Å². The zero-order valence-electron chi connectivity index (χ0n) is 12.9. The number of carbonyl (C=O) groups is 1. The summed E-state index contributed by atoms with van der Waals surface area (Å²) in [7, 11) is 1.99. The van der Waals surface area contributed by atoms with Crippen molar-refractivity contribution in [1.82, 2.24) is 14.9 Å². The van der Waals surface area contributed by atoms with Crippen molar-refractivity contribution in [2.45, 2.75) is 32.9 Å². The molecule has 1 aromatic heterocycles. The van der Waals surface area contributed by atoms with E-state index in [1.807, 2.05) is 42.1 Å². The van der Waals surface area contributed by atoms with E-state index in [1.165, 1.54) is 6.92 Å². The van der Waals surface area contributed by atoms with Crippen molar-refractivity contribution in [3.63, 3.8) is 0 Å². The SMILES string of the molecule is CC(=O)Nc1cccc(C(C)NC(C)c2nccn2C)c1. The van der Waals surface area contributed by atoms with Crippen molar-refractivity contribution < 1.29 is 4.79 Å². The molecule has 5 nitrogen and oxygen atoms in total. The van der Waals surface area contributed by atoms with Crippen LogP contribution in [0.1, 0.15) is 44.2 Å². The van der Waals surface area contributed by atoms with E-state index in [1.54, 1.807) is 6.20 Å². The van der Waals surface area contributed by atoms with E-state index < -0.39 is 0 Å². The Labute approximate surface area is 125 Å². The van der Waals surface area contributed by atoms with Gasteiger partial charge in [0.1, 0.15) is 5.82 Å². The lowest BCUT2D eigenvalue weighted by atomic mass is 10.1. The van der Waals surface area contributed by atoms with Gasteiger partial charge in [-0.1, -0.05) is 12.1 Å². The highest BCUT2D eigenvalue weighted by Crippen LogP contribution is 2.21. The van der Waals surface area contributed by atoms with Crippen LogP contribution in [0.4, 0.5) is 5.69 Å². The summed E-state index contributed by atoms with van der Waals surface area (Å²) in [6.07, 6.45) is 3.74. The lowest BCUT2D eigenvalue weighted by Crippen LogP contribution is -2.24. The van der Waals surface area contributed by atoms with Gasteiger partial charge < -0.3 is 15.2 Å². The van der Waals surface area contributed by atoms with Crippen LogP contribution in [-0.4, -0.2) is 15.5 Å². The summed E-state index contributed by atoms with van der Waals surface area (Å²) in [6.45, 7) is 5.71. The van der Waals surface area contributed by atoms with E-state index in [9.17, 15) is 4.79 Å². The number of nitrogens with one attached hydrogen (secondary N) is 2. The number of anilines is 1. The second-order valence-corrected chi connectivity index (χ2v) is 5.31. The van der Waals surface area contributed by atoms with E-state index >= 15 is 0 Å². The Morgan fingerprint density at radius 3 is 2.67 bits per heavy atom. The molecule has 112 valence electrons. The smallest absolute Gasteiger partial charge is 0.221 e. The average Bonchev–Trinajstić information content (AvgIpc) is 2.84. The van der Waals surface area contributed by atoms with Gasteiger partial charge in [-0.3, -0.25) is 4.79 Å². The third-order valence-corrected chi connectivity index (χ3v) is 3.45. The van der Waals surface area contributed by atoms with Crippen molar-refractivity contribution in [3.05, 3.63) is 48.0 Å². The molecule has 1 aromatic carbocycles. The summed E-state index contributed by atoms with van der Waals surface area (Å²) >= 11 is 0. The van der Waals surface area contributed by atoms with Crippen LogP contribution < -0.4 is 10.6 Å². The first-order chi connectivity index (χ1) is 9.97. The first-order valence-corrected chi connectivity index (χ1v) is 7.08. The van der Waals surface area contributed by atoms with Crippen molar-refractivity contribution in [2.24, 2.45) is 7.05 Å². The maximum atomic E-state index is 11.1. The Kier molecular flexibility index (Phi) is 4.75. The second kappa shape index (κ2) is 6.54. The molecular weight excluding hydrogens is 264 g/mol. The van der Waals surface area contributed by atoms with Gasteiger partial charge in [0.05, 0.1) is 6.04 Å². The molecule has 0 radical (unpaired) electrons. The lowest BCUT2D eigenvalue weighted by Gasteiger charge is -2.20. The molecule has 5 heteroatoms. The quantitative estimate of drug-likeness (QED) is 0.888. The van der Waals surface area contributed by atoms with Crippen LogP contribution >= 0.6 is 0 Å². The zero-order valence-corrected chi connectivity index (χ0v) is 12.9. The Morgan fingerprint density at radius 1 is 1.29 bits per heavy atom. The Hall–Kier alpha value is -2.14. The van der Waals surface area contributed by atoms with Crippen LogP contribution in [0, 0.1) is 0 Å². The molecule has 1 amide bonds. The number of amides is 1. The van der Waals surface area contributed by atoms with Gasteiger partial charge in [0.2, 0.25) is 5.91 Å². The normalized spacial score (nSPS) is 13.7. The predicted octanol–water partition coefficient (Wildman–Crippen LogP) is 2.79. The summed E-state index contributed by atoms with van der Waals surface area (Å²) < 4.78 is 2.01. The summed E-state index contributed by atoms with van der Waals surface area (Å²) in [5.41, 5.74) is 1.95. The minimum atomic E-state index is -0.0610. The van der Waals surface area contributed by atoms with Crippen molar-refractivity contribution >= 4 is 11.6 Å². The number of imidazole rings is 1. The molecule has 0 aliphatic carbocycles. The summed E-state index contributed by atoms with van der Waals surface area (Å²) in [6, 6.07) is 8.18. The van der Waals surface area contributed by atoms with Gasteiger partial charge in [-0.15, -0.1) is 0 Å². The molecule has 2 N–H and O–H groups in total. The van der Waals surface area contributed by atoms with Gasteiger partial charge in [-0.05, 0) is 31.5 Å². The standard InChI is InChI=1S/C16H22N4O/c1-11(18-12(2)16-17-8-9-20(16)4)14-6-5-7-15(10-14)19-13(3)21/h5-12,18H,1-4H3,(H,19,21). The van der Waals surface area contributed by atoms with Crippen LogP contribution in [0.2, 0.25) is 0 Å². The largest absolute Gasteiger partial charge is 0.337 e. The fraction of sp³-hybridized carbons (Fsp3) is 0.375. The predicted molar refractivity (Wildman–Crippen MR) is 83.9 cm³/mol. The first-order valence-electron chi connectivity index (χ1n) is 7.08. The highest BCUT2D eigenvalue weighted by atomic mass is 16.1. The molecule has 0 aliphatic rings. The number of rotatable bonds is 5.